The minimum absolute atomic E-state index is 0.115. The quantitative estimate of drug-likeness (QED) is 0.429. The Balaban J connectivity index is 2.47. The molecule has 0 N–H and O–H groups in total. The van der Waals surface area contributed by atoms with Gasteiger partial charge in [0, 0.05) is 6.08 Å². The molecule has 15 heavy (non-hydrogen) atoms. The highest BCUT2D eigenvalue weighted by molar-refractivity contribution is 5.92. The van der Waals surface area contributed by atoms with Crippen molar-refractivity contribution in [2.45, 2.75) is 13.3 Å². The second-order valence-electron chi connectivity index (χ2n) is 2.96. The lowest BCUT2D eigenvalue weighted by atomic mass is 10.2. The minimum atomic E-state index is -0.626. The van der Waals surface area contributed by atoms with Crippen molar-refractivity contribution in [2.75, 3.05) is 0 Å². The van der Waals surface area contributed by atoms with E-state index >= 15 is 0 Å². The Hall–Kier alpha value is -1.90. The first kappa shape index (κ1) is 11.2. The number of benzene rings is 1. The first-order valence-electron chi connectivity index (χ1n) is 4.63. The van der Waals surface area contributed by atoms with Gasteiger partial charge in [-0.15, -0.1) is 0 Å². The molecular formula is C12H12O3. The van der Waals surface area contributed by atoms with E-state index in [-0.39, 0.29) is 6.42 Å². The summed E-state index contributed by atoms with van der Waals surface area (Å²) in [5, 5.41) is 0. The molecule has 1 aromatic carbocycles. The van der Waals surface area contributed by atoms with Crippen LogP contribution in [0.5, 0.6) is 0 Å². The van der Waals surface area contributed by atoms with Crippen molar-refractivity contribution in [3.05, 3.63) is 48.0 Å². The maximum Gasteiger partial charge on any atom is 0.338 e. The molecule has 1 aromatic rings. The summed E-state index contributed by atoms with van der Waals surface area (Å²) >= 11 is 0. The van der Waals surface area contributed by atoms with Gasteiger partial charge in [-0.3, -0.25) is 4.79 Å². The van der Waals surface area contributed by atoms with Crippen molar-refractivity contribution in [3.8, 4) is 0 Å². The largest absolute Gasteiger partial charge is 0.390 e. The Kier molecular flexibility index (Phi) is 4.29. The lowest BCUT2D eigenvalue weighted by molar-refractivity contribution is -0.155. The number of esters is 2. The fourth-order valence-corrected chi connectivity index (χ4v) is 1.08. The van der Waals surface area contributed by atoms with Gasteiger partial charge in [-0.05, 0) is 12.5 Å². The van der Waals surface area contributed by atoms with Crippen LogP contribution in [0.2, 0.25) is 0 Å². The smallest absolute Gasteiger partial charge is 0.338 e. The summed E-state index contributed by atoms with van der Waals surface area (Å²) in [5.74, 6) is -1.16. The van der Waals surface area contributed by atoms with E-state index < -0.39 is 11.9 Å². The van der Waals surface area contributed by atoms with Gasteiger partial charge in [0.15, 0.2) is 0 Å². The Morgan fingerprint density at radius 2 is 1.93 bits per heavy atom. The SMILES string of the molecule is CC=CC(=O)OC(=O)Cc1ccccc1. The Morgan fingerprint density at radius 3 is 2.53 bits per heavy atom. The van der Waals surface area contributed by atoms with Crippen molar-refractivity contribution in [1.82, 2.24) is 0 Å². The van der Waals surface area contributed by atoms with Crippen LogP contribution < -0.4 is 0 Å². The summed E-state index contributed by atoms with van der Waals surface area (Å²) in [6.07, 6.45) is 2.85. The van der Waals surface area contributed by atoms with E-state index in [0.717, 1.165) is 5.56 Å². The van der Waals surface area contributed by atoms with Gasteiger partial charge in [0.1, 0.15) is 0 Å². The maximum absolute atomic E-state index is 11.2. The molecule has 3 heteroatoms. The number of rotatable bonds is 3. The molecule has 0 aliphatic heterocycles. The van der Waals surface area contributed by atoms with Gasteiger partial charge in [0.25, 0.3) is 0 Å². The minimum Gasteiger partial charge on any atom is -0.390 e. The first-order valence-corrected chi connectivity index (χ1v) is 4.63. The molecule has 0 spiro atoms. The molecule has 0 radical (unpaired) electrons. The number of hydrogen-bond acceptors (Lipinski definition) is 3. The van der Waals surface area contributed by atoms with E-state index in [0.29, 0.717) is 0 Å². The molecule has 0 aliphatic carbocycles. The van der Waals surface area contributed by atoms with Gasteiger partial charge < -0.3 is 4.74 Å². The van der Waals surface area contributed by atoms with Gasteiger partial charge in [0.2, 0.25) is 0 Å². The summed E-state index contributed by atoms with van der Waals surface area (Å²) in [4.78, 5) is 22.1. The molecule has 0 atom stereocenters. The van der Waals surface area contributed by atoms with Crippen molar-refractivity contribution < 1.29 is 14.3 Å². The molecule has 78 valence electrons. The molecule has 1 rings (SSSR count). The number of ether oxygens (including phenoxy) is 1. The summed E-state index contributed by atoms with van der Waals surface area (Å²) in [6.45, 7) is 1.68. The van der Waals surface area contributed by atoms with Gasteiger partial charge in [-0.2, -0.15) is 0 Å². The number of carbonyl (C=O) groups excluding carboxylic acids is 2. The fourth-order valence-electron chi connectivity index (χ4n) is 1.08. The van der Waals surface area contributed by atoms with Gasteiger partial charge in [-0.25, -0.2) is 4.79 Å². The predicted molar refractivity (Wildman–Crippen MR) is 56.1 cm³/mol. The van der Waals surface area contributed by atoms with E-state index in [9.17, 15) is 9.59 Å². The summed E-state index contributed by atoms with van der Waals surface area (Å²) in [5.41, 5.74) is 0.829. The Bertz CT molecular complexity index is 366. The zero-order chi connectivity index (χ0) is 11.1. The molecular weight excluding hydrogens is 192 g/mol. The van der Waals surface area contributed by atoms with Gasteiger partial charge in [-0.1, -0.05) is 36.4 Å². The van der Waals surface area contributed by atoms with E-state index in [4.69, 9.17) is 0 Å². The summed E-state index contributed by atoms with van der Waals surface area (Å²) in [7, 11) is 0. The Labute approximate surface area is 88.4 Å². The van der Waals surface area contributed by atoms with Crippen LogP contribution in [0.25, 0.3) is 0 Å². The van der Waals surface area contributed by atoms with Crippen molar-refractivity contribution >= 4 is 11.9 Å². The third kappa shape index (κ3) is 4.22. The predicted octanol–water partition coefficient (Wildman–Crippen LogP) is 1.88. The standard InChI is InChI=1S/C12H12O3/c1-2-6-11(13)15-12(14)9-10-7-4-3-5-8-10/h2-8H,9H2,1H3. The average molecular weight is 204 g/mol. The van der Waals surface area contributed by atoms with E-state index in [1.807, 2.05) is 18.2 Å². The lowest BCUT2D eigenvalue weighted by Gasteiger charge is -1.99. The van der Waals surface area contributed by atoms with Gasteiger partial charge in [0.05, 0.1) is 6.42 Å². The van der Waals surface area contributed by atoms with E-state index in [1.54, 1.807) is 19.1 Å². The fraction of sp³-hybridized carbons (Fsp3) is 0.167. The zero-order valence-electron chi connectivity index (χ0n) is 8.47. The van der Waals surface area contributed by atoms with E-state index in [2.05, 4.69) is 4.74 Å². The van der Waals surface area contributed by atoms with Crippen LogP contribution >= 0.6 is 0 Å². The highest BCUT2D eigenvalue weighted by Gasteiger charge is 2.07. The molecule has 0 fully saturated rings. The van der Waals surface area contributed by atoms with Crippen LogP contribution in [-0.2, 0) is 20.7 Å². The molecule has 0 unspecified atom stereocenters. The molecule has 0 bridgehead atoms. The normalized spacial score (nSPS) is 10.2. The highest BCUT2D eigenvalue weighted by atomic mass is 16.6. The van der Waals surface area contributed by atoms with E-state index in [1.165, 1.54) is 12.2 Å². The van der Waals surface area contributed by atoms with Crippen LogP contribution in [0.4, 0.5) is 0 Å². The molecule has 0 saturated carbocycles. The van der Waals surface area contributed by atoms with Crippen molar-refractivity contribution in [3.63, 3.8) is 0 Å². The van der Waals surface area contributed by atoms with Crippen molar-refractivity contribution in [1.29, 1.82) is 0 Å². The lowest BCUT2D eigenvalue weighted by Crippen LogP contribution is -2.12. The number of allylic oxidation sites excluding steroid dienone is 1. The third-order valence-corrected chi connectivity index (χ3v) is 1.71. The zero-order valence-corrected chi connectivity index (χ0v) is 8.47. The average Bonchev–Trinajstić information content (AvgIpc) is 2.19. The van der Waals surface area contributed by atoms with Crippen LogP contribution in [0, 0.1) is 0 Å². The molecule has 0 heterocycles. The van der Waals surface area contributed by atoms with Crippen LogP contribution in [-0.4, -0.2) is 11.9 Å². The monoisotopic (exact) mass is 204 g/mol. The number of hydrogen-bond donors (Lipinski definition) is 0. The second-order valence-corrected chi connectivity index (χ2v) is 2.96. The number of carbonyl (C=O) groups is 2. The van der Waals surface area contributed by atoms with Crippen LogP contribution in [0.15, 0.2) is 42.5 Å². The Morgan fingerprint density at radius 1 is 1.27 bits per heavy atom. The molecule has 0 amide bonds. The van der Waals surface area contributed by atoms with Crippen LogP contribution in [0.3, 0.4) is 0 Å². The molecule has 0 aliphatic rings. The maximum atomic E-state index is 11.2. The topological polar surface area (TPSA) is 43.4 Å². The third-order valence-electron chi connectivity index (χ3n) is 1.71. The highest BCUT2D eigenvalue weighted by Crippen LogP contribution is 2.00. The second kappa shape index (κ2) is 5.75. The van der Waals surface area contributed by atoms with Gasteiger partial charge >= 0.3 is 11.9 Å². The van der Waals surface area contributed by atoms with Crippen molar-refractivity contribution in [2.24, 2.45) is 0 Å². The van der Waals surface area contributed by atoms with Crippen LogP contribution in [0.1, 0.15) is 12.5 Å². The molecule has 3 nitrogen and oxygen atoms in total. The summed E-state index contributed by atoms with van der Waals surface area (Å²) < 4.78 is 4.53. The molecule has 0 aromatic heterocycles. The molecule has 0 saturated heterocycles. The first-order chi connectivity index (χ1) is 7.22. The summed E-state index contributed by atoms with van der Waals surface area (Å²) in [6, 6.07) is 9.13.